The Balaban J connectivity index is 1.80. The third-order valence-electron chi connectivity index (χ3n) is 4.92. The third kappa shape index (κ3) is 6.96. The summed E-state index contributed by atoms with van der Waals surface area (Å²) >= 11 is 0. The van der Waals surface area contributed by atoms with Gasteiger partial charge in [0.05, 0.1) is 0 Å². The van der Waals surface area contributed by atoms with E-state index in [-0.39, 0.29) is 0 Å². The smallest absolute Gasteiger partial charge is 0.191 e. The van der Waals surface area contributed by atoms with Gasteiger partial charge >= 0.3 is 0 Å². The van der Waals surface area contributed by atoms with Crippen LogP contribution in [0.4, 0.5) is 0 Å². The minimum atomic E-state index is 0.447. The van der Waals surface area contributed by atoms with Crippen molar-refractivity contribution >= 4 is 5.96 Å². The summed E-state index contributed by atoms with van der Waals surface area (Å²) in [5.41, 5.74) is 0. The van der Waals surface area contributed by atoms with Crippen LogP contribution in [0.2, 0.25) is 0 Å². The molecule has 1 aromatic rings. The first-order chi connectivity index (χ1) is 12.6. The number of guanidine groups is 1. The van der Waals surface area contributed by atoms with E-state index in [4.69, 9.17) is 4.99 Å². The average Bonchev–Trinajstić information content (AvgIpc) is 2.83. The largest absolute Gasteiger partial charge is 0.357 e. The molecule has 0 saturated heterocycles. The molecule has 148 valence electrons. The van der Waals surface area contributed by atoms with Crippen LogP contribution in [0.15, 0.2) is 4.99 Å². The van der Waals surface area contributed by atoms with Crippen LogP contribution in [0.25, 0.3) is 0 Å². The van der Waals surface area contributed by atoms with Crippen LogP contribution < -0.4 is 10.6 Å². The highest BCUT2D eigenvalue weighted by molar-refractivity contribution is 5.80. The highest BCUT2D eigenvalue weighted by atomic mass is 15.3. The lowest BCUT2D eigenvalue weighted by Crippen LogP contribution is -2.42. The molecule has 0 aromatic carbocycles. The molecule has 1 atom stereocenters. The standard InChI is InChI=1S/C20H38N6/c1-5-21-20(23-17(4)13-12-16(2)3)22-14-9-11-19-25-24-18-10-7-6-8-15-26(18)19/h16-17H,5-15H2,1-4H3,(H2,21,22,23). The molecule has 0 spiro atoms. The van der Waals surface area contributed by atoms with Gasteiger partial charge in [-0.3, -0.25) is 4.99 Å². The quantitative estimate of drug-likeness (QED) is 0.402. The predicted octanol–water partition coefficient (Wildman–Crippen LogP) is 3.32. The second kappa shape index (κ2) is 11.2. The van der Waals surface area contributed by atoms with Crippen molar-refractivity contribution in [1.82, 2.24) is 25.4 Å². The van der Waals surface area contributed by atoms with E-state index < -0.39 is 0 Å². The van der Waals surface area contributed by atoms with Gasteiger partial charge < -0.3 is 15.2 Å². The molecule has 0 fully saturated rings. The van der Waals surface area contributed by atoms with Crippen molar-refractivity contribution in [3.63, 3.8) is 0 Å². The number of rotatable bonds is 9. The van der Waals surface area contributed by atoms with Gasteiger partial charge in [-0.15, -0.1) is 10.2 Å². The molecule has 2 heterocycles. The minimum absolute atomic E-state index is 0.447. The van der Waals surface area contributed by atoms with Gasteiger partial charge in [0.15, 0.2) is 5.96 Å². The molecule has 0 radical (unpaired) electrons. The first-order valence-electron chi connectivity index (χ1n) is 10.6. The van der Waals surface area contributed by atoms with Crippen LogP contribution >= 0.6 is 0 Å². The SMILES string of the molecule is CCNC(=NCCCc1nnc2n1CCCCC2)NC(C)CCC(C)C. The second-order valence-corrected chi connectivity index (χ2v) is 7.88. The fourth-order valence-electron chi connectivity index (χ4n) is 3.37. The Morgan fingerprint density at radius 3 is 2.77 bits per heavy atom. The Hall–Kier alpha value is -1.59. The summed E-state index contributed by atoms with van der Waals surface area (Å²) in [6, 6.07) is 0.447. The first kappa shape index (κ1) is 20.7. The zero-order valence-electron chi connectivity index (χ0n) is 17.2. The number of hydrogen-bond donors (Lipinski definition) is 2. The summed E-state index contributed by atoms with van der Waals surface area (Å²) in [5, 5.41) is 15.7. The molecule has 0 aliphatic carbocycles. The highest BCUT2D eigenvalue weighted by Gasteiger charge is 2.14. The molecule has 1 aliphatic heterocycles. The van der Waals surface area contributed by atoms with Gasteiger partial charge in [0.25, 0.3) is 0 Å². The van der Waals surface area contributed by atoms with Crippen molar-refractivity contribution in [2.24, 2.45) is 10.9 Å². The average molecular weight is 363 g/mol. The van der Waals surface area contributed by atoms with E-state index in [1.807, 2.05) is 0 Å². The second-order valence-electron chi connectivity index (χ2n) is 7.88. The summed E-state index contributed by atoms with van der Waals surface area (Å²) in [4.78, 5) is 4.75. The van der Waals surface area contributed by atoms with Gasteiger partial charge in [0.2, 0.25) is 0 Å². The van der Waals surface area contributed by atoms with Crippen molar-refractivity contribution < 1.29 is 0 Å². The van der Waals surface area contributed by atoms with Crippen molar-refractivity contribution in [3.8, 4) is 0 Å². The maximum absolute atomic E-state index is 4.75. The number of nitrogens with one attached hydrogen (secondary N) is 2. The van der Waals surface area contributed by atoms with Gasteiger partial charge in [-0.2, -0.15) is 0 Å². The van der Waals surface area contributed by atoms with E-state index in [1.165, 1.54) is 37.9 Å². The van der Waals surface area contributed by atoms with Crippen LogP contribution in [0, 0.1) is 5.92 Å². The number of aliphatic imine (C=N–C) groups is 1. The fourth-order valence-corrected chi connectivity index (χ4v) is 3.37. The Labute approximate surface area is 159 Å². The normalized spacial score (nSPS) is 16.3. The predicted molar refractivity (Wildman–Crippen MR) is 109 cm³/mol. The van der Waals surface area contributed by atoms with E-state index >= 15 is 0 Å². The molecule has 2 rings (SSSR count). The molecular weight excluding hydrogens is 324 g/mol. The Morgan fingerprint density at radius 2 is 2.00 bits per heavy atom. The van der Waals surface area contributed by atoms with E-state index in [0.29, 0.717) is 6.04 Å². The molecule has 26 heavy (non-hydrogen) atoms. The lowest BCUT2D eigenvalue weighted by atomic mass is 10.0. The van der Waals surface area contributed by atoms with Gasteiger partial charge in [-0.1, -0.05) is 20.3 Å². The van der Waals surface area contributed by atoms with Crippen LogP contribution in [-0.2, 0) is 19.4 Å². The van der Waals surface area contributed by atoms with Gasteiger partial charge in [-0.25, -0.2) is 0 Å². The monoisotopic (exact) mass is 362 g/mol. The van der Waals surface area contributed by atoms with Gasteiger partial charge in [0.1, 0.15) is 11.6 Å². The Morgan fingerprint density at radius 1 is 1.15 bits per heavy atom. The zero-order valence-corrected chi connectivity index (χ0v) is 17.2. The van der Waals surface area contributed by atoms with Crippen molar-refractivity contribution in [3.05, 3.63) is 11.6 Å². The Kier molecular flexibility index (Phi) is 8.92. The summed E-state index contributed by atoms with van der Waals surface area (Å²) in [5.74, 6) is 4.00. The fraction of sp³-hybridized carbons (Fsp3) is 0.850. The van der Waals surface area contributed by atoms with Crippen molar-refractivity contribution in [2.45, 2.75) is 91.6 Å². The highest BCUT2D eigenvalue weighted by Crippen LogP contribution is 2.15. The lowest BCUT2D eigenvalue weighted by molar-refractivity contribution is 0.489. The number of hydrogen-bond acceptors (Lipinski definition) is 3. The Bertz CT molecular complexity index is 548. The maximum atomic E-state index is 4.75. The molecule has 0 bridgehead atoms. The first-order valence-corrected chi connectivity index (χ1v) is 10.6. The van der Waals surface area contributed by atoms with Crippen LogP contribution in [-0.4, -0.2) is 39.9 Å². The van der Waals surface area contributed by atoms with Crippen molar-refractivity contribution in [1.29, 1.82) is 0 Å². The molecule has 2 N–H and O–H groups in total. The van der Waals surface area contributed by atoms with Gasteiger partial charge in [-0.05, 0) is 51.9 Å². The maximum Gasteiger partial charge on any atom is 0.191 e. The summed E-state index contributed by atoms with van der Waals surface area (Å²) in [6.07, 6.45) is 9.26. The van der Waals surface area contributed by atoms with E-state index in [1.54, 1.807) is 0 Å². The van der Waals surface area contributed by atoms with Crippen LogP contribution in [0.5, 0.6) is 0 Å². The van der Waals surface area contributed by atoms with Gasteiger partial charge in [0, 0.05) is 38.5 Å². The van der Waals surface area contributed by atoms with Crippen LogP contribution in [0.3, 0.4) is 0 Å². The molecular formula is C20H38N6. The third-order valence-corrected chi connectivity index (χ3v) is 4.92. The molecule has 6 heteroatoms. The zero-order chi connectivity index (χ0) is 18.8. The molecule has 0 amide bonds. The topological polar surface area (TPSA) is 67.1 Å². The number of aryl methyl sites for hydroxylation is 2. The van der Waals surface area contributed by atoms with Crippen LogP contribution in [0.1, 0.15) is 77.9 Å². The van der Waals surface area contributed by atoms with Crippen molar-refractivity contribution in [2.75, 3.05) is 13.1 Å². The number of nitrogens with zero attached hydrogens (tertiary/aromatic N) is 4. The summed E-state index contributed by atoms with van der Waals surface area (Å²) < 4.78 is 2.34. The van der Waals surface area contributed by atoms with E-state index in [2.05, 4.69) is 53.1 Å². The molecule has 0 saturated carbocycles. The number of aromatic nitrogens is 3. The minimum Gasteiger partial charge on any atom is -0.357 e. The molecule has 1 aromatic heterocycles. The summed E-state index contributed by atoms with van der Waals surface area (Å²) in [6.45, 7) is 11.7. The molecule has 1 unspecified atom stereocenters. The molecule has 1 aliphatic rings. The summed E-state index contributed by atoms with van der Waals surface area (Å²) in [7, 11) is 0. The number of fused-ring (bicyclic) bond motifs is 1. The lowest BCUT2D eigenvalue weighted by Gasteiger charge is -2.18. The van der Waals surface area contributed by atoms with E-state index in [9.17, 15) is 0 Å². The van der Waals surface area contributed by atoms with E-state index in [0.717, 1.165) is 56.6 Å². The molecule has 6 nitrogen and oxygen atoms in total.